The molecule has 0 radical (unpaired) electrons. The number of Topliss-reactive ketones (excluding diaryl/α,β-unsaturated/α-hetero) is 1. The van der Waals surface area contributed by atoms with Crippen molar-refractivity contribution in [3.63, 3.8) is 0 Å². The Morgan fingerprint density at radius 2 is 1.78 bits per heavy atom. The summed E-state index contributed by atoms with van der Waals surface area (Å²) in [5.74, 6) is -0.771. The first-order chi connectivity index (χ1) is 17.2. The summed E-state index contributed by atoms with van der Waals surface area (Å²) in [6.45, 7) is 12.8. The summed E-state index contributed by atoms with van der Waals surface area (Å²) in [6, 6.07) is 12.3. The predicted octanol–water partition coefficient (Wildman–Crippen LogP) is 4.39. The lowest BCUT2D eigenvalue weighted by Crippen LogP contribution is -2.38. The molecule has 1 unspecified atom stereocenters. The van der Waals surface area contributed by atoms with Gasteiger partial charge in [-0.15, -0.1) is 0 Å². The molecule has 1 aliphatic rings. The van der Waals surface area contributed by atoms with Crippen LogP contribution in [0.2, 0.25) is 0 Å². The molecule has 1 heterocycles. The number of hydrogen-bond donors (Lipinski definition) is 1. The number of ether oxygens (including phenoxy) is 1. The minimum atomic E-state index is -0.672. The van der Waals surface area contributed by atoms with Crippen molar-refractivity contribution in [1.29, 1.82) is 0 Å². The van der Waals surface area contributed by atoms with Crippen LogP contribution in [0.1, 0.15) is 36.6 Å². The molecule has 7 heteroatoms. The first-order valence-electron chi connectivity index (χ1n) is 12.4. The van der Waals surface area contributed by atoms with E-state index in [9.17, 15) is 14.7 Å². The molecule has 2 aromatic rings. The van der Waals surface area contributed by atoms with Crippen LogP contribution in [0, 0.1) is 6.92 Å². The first kappa shape index (κ1) is 27.0. The monoisotopic (exact) mass is 491 g/mol. The number of aliphatic hydroxyl groups excluding tert-OH is 1. The third kappa shape index (κ3) is 5.62. The summed E-state index contributed by atoms with van der Waals surface area (Å²) >= 11 is 0. The van der Waals surface area contributed by atoms with Crippen molar-refractivity contribution >= 4 is 23.1 Å². The van der Waals surface area contributed by atoms with E-state index in [1.165, 1.54) is 0 Å². The second-order valence-electron chi connectivity index (χ2n) is 9.09. The highest BCUT2D eigenvalue weighted by molar-refractivity contribution is 6.46. The Hall–Kier alpha value is -3.58. The second-order valence-corrected chi connectivity index (χ2v) is 9.09. The summed E-state index contributed by atoms with van der Waals surface area (Å²) in [5, 5.41) is 11.4. The average Bonchev–Trinajstić information content (AvgIpc) is 3.13. The number of amides is 1. The molecule has 1 fully saturated rings. The highest BCUT2D eigenvalue weighted by atomic mass is 16.5. The van der Waals surface area contributed by atoms with Crippen LogP contribution >= 0.6 is 0 Å². The number of rotatable bonds is 11. The zero-order valence-electron chi connectivity index (χ0n) is 22.0. The lowest BCUT2D eigenvalue weighted by atomic mass is 9.94. The van der Waals surface area contributed by atoms with E-state index in [0.717, 1.165) is 29.9 Å². The van der Waals surface area contributed by atoms with Crippen LogP contribution in [0.15, 0.2) is 60.7 Å². The standard InChI is InChI=1S/C29H37N3O4/c1-7-18-36-24-15-12-22(19-20(24)4)27(33)25-26(21-10-13-23(14-11-21)30(5)6)32(29(35)28(25)34)17-16-31(8-2)9-3/h7,10-15,19,26,33H,1,8-9,16-18H2,2-6H3. The Morgan fingerprint density at radius 3 is 2.33 bits per heavy atom. The number of ketones is 1. The first-order valence-corrected chi connectivity index (χ1v) is 12.4. The molecule has 0 saturated carbocycles. The van der Waals surface area contributed by atoms with Gasteiger partial charge in [-0.3, -0.25) is 9.59 Å². The molecule has 1 atom stereocenters. The Kier molecular flexibility index (Phi) is 8.93. The number of likely N-dealkylation sites (N-methyl/N-ethyl adjacent to an activating group) is 1. The van der Waals surface area contributed by atoms with Crippen LogP contribution < -0.4 is 9.64 Å². The number of likely N-dealkylation sites (tertiary alicyclic amines) is 1. The van der Waals surface area contributed by atoms with E-state index < -0.39 is 17.7 Å². The molecule has 1 saturated heterocycles. The number of benzene rings is 2. The predicted molar refractivity (Wildman–Crippen MR) is 144 cm³/mol. The molecule has 3 rings (SSSR count). The molecule has 36 heavy (non-hydrogen) atoms. The van der Waals surface area contributed by atoms with E-state index in [-0.39, 0.29) is 11.3 Å². The minimum absolute atomic E-state index is 0.108. The van der Waals surface area contributed by atoms with E-state index >= 15 is 0 Å². The van der Waals surface area contributed by atoms with E-state index in [4.69, 9.17) is 4.74 Å². The highest BCUT2D eigenvalue weighted by Crippen LogP contribution is 2.40. The van der Waals surface area contributed by atoms with Crippen molar-refractivity contribution in [1.82, 2.24) is 9.80 Å². The largest absolute Gasteiger partial charge is 0.507 e. The van der Waals surface area contributed by atoms with Crippen LogP contribution in [0.3, 0.4) is 0 Å². The number of nitrogens with zero attached hydrogens (tertiary/aromatic N) is 3. The fraction of sp³-hybridized carbons (Fsp3) is 0.379. The third-order valence-corrected chi connectivity index (χ3v) is 6.62. The van der Waals surface area contributed by atoms with Gasteiger partial charge >= 0.3 is 0 Å². The summed E-state index contributed by atoms with van der Waals surface area (Å²) < 4.78 is 5.64. The van der Waals surface area contributed by atoms with Gasteiger partial charge in [-0.2, -0.15) is 0 Å². The number of aryl methyl sites for hydroxylation is 1. The van der Waals surface area contributed by atoms with Crippen molar-refractivity contribution < 1.29 is 19.4 Å². The smallest absolute Gasteiger partial charge is 0.295 e. The van der Waals surface area contributed by atoms with Crippen molar-refractivity contribution in [3.8, 4) is 5.75 Å². The molecule has 1 aliphatic heterocycles. The fourth-order valence-electron chi connectivity index (χ4n) is 4.46. The lowest BCUT2D eigenvalue weighted by Gasteiger charge is -2.28. The van der Waals surface area contributed by atoms with Gasteiger partial charge in [-0.05, 0) is 61.5 Å². The lowest BCUT2D eigenvalue weighted by molar-refractivity contribution is -0.140. The quantitative estimate of drug-likeness (QED) is 0.218. The van der Waals surface area contributed by atoms with Gasteiger partial charge in [0, 0.05) is 38.4 Å². The second kappa shape index (κ2) is 11.9. The molecule has 0 spiro atoms. The van der Waals surface area contributed by atoms with E-state index in [1.807, 2.05) is 50.2 Å². The number of aliphatic hydroxyl groups is 1. The van der Waals surface area contributed by atoms with Gasteiger partial charge in [0.05, 0.1) is 11.6 Å². The number of carbonyl (C=O) groups excluding carboxylic acids is 2. The van der Waals surface area contributed by atoms with Crippen molar-refractivity contribution in [3.05, 3.63) is 77.4 Å². The molecule has 1 N–H and O–H groups in total. The van der Waals surface area contributed by atoms with Crippen molar-refractivity contribution in [2.45, 2.75) is 26.8 Å². The van der Waals surface area contributed by atoms with Gasteiger partial charge < -0.3 is 24.5 Å². The summed E-state index contributed by atoms with van der Waals surface area (Å²) in [4.78, 5) is 32.3. The Balaban J connectivity index is 2.08. The molecule has 0 aromatic heterocycles. The van der Waals surface area contributed by atoms with Gasteiger partial charge in [-0.1, -0.05) is 38.6 Å². The molecule has 2 aromatic carbocycles. The van der Waals surface area contributed by atoms with Crippen LogP contribution in [0.4, 0.5) is 5.69 Å². The molecule has 7 nitrogen and oxygen atoms in total. The Labute approximate surface area is 214 Å². The van der Waals surface area contributed by atoms with E-state index in [1.54, 1.807) is 29.2 Å². The topological polar surface area (TPSA) is 73.3 Å². The molecular weight excluding hydrogens is 454 g/mol. The van der Waals surface area contributed by atoms with Gasteiger partial charge in [0.25, 0.3) is 11.7 Å². The Bertz CT molecular complexity index is 1130. The van der Waals surface area contributed by atoms with E-state index in [0.29, 0.717) is 31.0 Å². The molecule has 192 valence electrons. The number of anilines is 1. The number of carbonyl (C=O) groups is 2. The number of hydrogen-bond acceptors (Lipinski definition) is 6. The normalized spacial score (nSPS) is 17.1. The zero-order chi connectivity index (χ0) is 26.4. The highest BCUT2D eigenvalue weighted by Gasteiger charge is 2.46. The average molecular weight is 492 g/mol. The van der Waals surface area contributed by atoms with Gasteiger partial charge in [0.2, 0.25) is 0 Å². The molecule has 0 bridgehead atoms. The maximum atomic E-state index is 13.3. The van der Waals surface area contributed by atoms with Crippen LogP contribution in [0.25, 0.3) is 5.76 Å². The van der Waals surface area contributed by atoms with E-state index in [2.05, 4.69) is 25.3 Å². The Morgan fingerprint density at radius 1 is 1.11 bits per heavy atom. The molecule has 1 amide bonds. The SMILES string of the molecule is C=CCOc1ccc(C(O)=C2C(=O)C(=O)N(CCN(CC)CC)C2c2ccc(N(C)C)cc2)cc1C. The summed E-state index contributed by atoms with van der Waals surface area (Å²) in [5.41, 5.74) is 3.17. The summed E-state index contributed by atoms with van der Waals surface area (Å²) in [7, 11) is 3.91. The van der Waals surface area contributed by atoms with Gasteiger partial charge in [0.15, 0.2) is 0 Å². The van der Waals surface area contributed by atoms with Crippen LogP contribution in [-0.4, -0.2) is 73.5 Å². The van der Waals surface area contributed by atoms with Crippen LogP contribution in [0.5, 0.6) is 5.75 Å². The minimum Gasteiger partial charge on any atom is -0.507 e. The maximum absolute atomic E-state index is 13.3. The molecule has 0 aliphatic carbocycles. The van der Waals surface area contributed by atoms with Gasteiger partial charge in [0.1, 0.15) is 18.1 Å². The third-order valence-electron chi connectivity index (χ3n) is 6.62. The fourth-order valence-corrected chi connectivity index (χ4v) is 4.46. The zero-order valence-corrected chi connectivity index (χ0v) is 22.0. The maximum Gasteiger partial charge on any atom is 0.295 e. The van der Waals surface area contributed by atoms with Crippen molar-refractivity contribution in [2.24, 2.45) is 0 Å². The molecular formula is C29H37N3O4. The van der Waals surface area contributed by atoms with Gasteiger partial charge in [-0.25, -0.2) is 0 Å². The summed E-state index contributed by atoms with van der Waals surface area (Å²) in [6.07, 6.45) is 1.66. The van der Waals surface area contributed by atoms with Crippen molar-refractivity contribution in [2.75, 3.05) is 51.8 Å². The van der Waals surface area contributed by atoms with Crippen LogP contribution in [-0.2, 0) is 9.59 Å².